The van der Waals surface area contributed by atoms with Crippen molar-refractivity contribution < 1.29 is 17.5 Å². The van der Waals surface area contributed by atoms with Crippen LogP contribution in [0.25, 0.3) is 0 Å². The topological polar surface area (TPSA) is 107 Å². The Kier molecular flexibility index (Phi) is 4.01. The van der Waals surface area contributed by atoms with Crippen LogP contribution in [-0.2, 0) is 10.0 Å². The van der Waals surface area contributed by atoms with Gasteiger partial charge in [-0.25, -0.2) is 17.9 Å². The fraction of sp³-hybridized carbons (Fsp3) is 0.0769. The van der Waals surface area contributed by atoms with Crippen LogP contribution in [0.2, 0.25) is 0 Å². The van der Waals surface area contributed by atoms with Gasteiger partial charge in [0, 0.05) is 6.07 Å². The second-order valence-electron chi connectivity index (χ2n) is 4.23. The Labute approximate surface area is 121 Å². The number of nitrogens with two attached hydrogens (primary N) is 2. The van der Waals surface area contributed by atoms with Crippen molar-refractivity contribution in [3.8, 4) is 5.75 Å². The van der Waals surface area contributed by atoms with Crippen LogP contribution in [-0.4, -0.2) is 15.5 Å². The highest BCUT2D eigenvalue weighted by Crippen LogP contribution is 2.31. The van der Waals surface area contributed by atoms with Gasteiger partial charge in [0.25, 0.3) is 0 Å². The number of benzene rings is 2. The second-order valence-corrected chi connectivity index (χ2v) is 5.76. The molecule has 5 N–H and O–H groups in total. The number of nitrogens with one attached hydrogen (secondary N) is 1. The van der Waals surface area contributed by atoms with E-state index in [1.807, 2.05) is 0 Å². The van der Waals surface area contributed by atoms with Crippen LogP contribution in [0.4, 0.5) is 21.5 Å². The molecular weight excluding hydrogens is 297 g/mol. The monoisotopic (exact) mass is 311 g/mol. The number of methoxy groups -OCH3 is 1. The number of para-hydroxylation sites is 1. The average molecular weight is 311 g/mol. The molecule has 8 heteroatoms. The van der Waals surface area contributed by atoms with Crippen molar-refractivity contribution in [1.82, 2.24) is 0 Å². The summed E-state index contributed by atoms with van der Waals surface area (Å²) in [7, 11) is -2.50. The van der Waals surface area contributed by atoms with Crippen molar-refractivity contribution in [2.75, 3.05) is 18.2 Å². The third-order valence-electron chi connectivity index (χ3n) is 2.82. The molecule has 2 rings (SSSR count). The number of ether oxygens (including phenoxy) is 1. The van der Waals surface area contributed by atoms with Crippen LogP contribution in [0.5, 0.6) is 5.75 Å². The SMILES string of the molecule is COc1ccc(F)c(Nc2cccc(S(N)(=O)=O)c2N)c1. The Bertz CT molecular complexity index is 778. The molecule has 0 aliphatic carbocycles. The zero-order valence-corrected chi connectivity index (χ0v) is 11.9. The van der Waals surface area contributed by atoms with Crippen molar-refractivity contribution in [2.45, 2.75) is 4.90 Å². The Hall–Kier alpha value is -2.32. The Morgan fingerprint density at radius 2 is 1.90 bits per heavy atom. The summed E-state index contributed by atoms with van der Waals surface area (Å²) < 4.78 is 41.6. The molecule has 0 radical (unpaired) electrons. The predicted molar refractivity (Wildman–Crippen MR) is 78.5 cm³/mol. The zero-order valence-electron chi connectivity index (χ0n) is 11.1. The number of hydrogen-bond donors (Lipinski definition) is 3. The van der Waals surface area contributed by atoms with Gasteiger partial charge >= 0.3 is 0 Å². The van der Waals surface area contributed by atoms with Crippen LogP contribution in [0.1, 0.15) is 0 Å². The molecular formula is C13H14FN3O3S. The minimum atomic E-state index is -3.95. The van der Waals surface area contributed by atoms with Crippen LogP contribution >= 0.6 is 0 Å². The van der Waals surface area contributed by atoms with E-state index in [-0.39, 0.29) is 22.0 Å². The standard InChI is InChI=1S/C13H14FN3O3S/c1-20-8-5-6-9(14)11(7-8)17-10-3-2-4-12(13(10)15)21(16,18)19/h2-7,17H,15H2,1H3,(H2,16,18,19). The van der Waals surface area contributed by atoms with Crippen LogP contribution in [0.3, 0.4) is 0 Å². The number of sulfonamides is 1. The van der Waals surface area contributed by atoms with Gasteiger partial charge in [0.1, 0.15) is 16.5 Å². The number of rotatable bonds is 4. The first-order valence-electron chi connectivity index (χ1n) is 5.85. The molecule has 0 unspecified atom stereocenters. The van der Waals surface area contributed by atoms with Crippen LogP contribution < -0.4 is 20.9 Å². The van der Waals surface area contributed by atoms with Crippen molar-refractivity contribution in [3.63, 3.8) is 0 Å². The molecule has 0 spiro atoms. The Balaban J connectivity index is 2.46. The number of hydrogen-bond acceptors (Lipinski definition) is 5. The minimum absolute atomic E-state index is 0.0813. The number of primary sulfonamides is 1. The summed E-state index contributed by atoms with van der Waals surface area (Å²) in [4.78, 5) is -0.226. The van der Waals surface area contributed by atoms with E-state index in [9.17, 15) is 12.8 Å². The fourth-order valence-electron chi connectivity index (χ4n) is 1.77. The lowest BCUT2D eigenvalue weighted by Crippen LogP contribution is -2.15. The molecule has 2 aromatic carbocycles. The lowest BCUT2D eigenvalue weighted by atomic mass is 10.2. The van der Waals surface area contributed by atoms with Gasteiger partial charge in [-0.1, -0.05) is 6.07 Å². The fourth-order valence-corrected chi connectivity index (χ4v) is 2.46. The quantitative estimate of drug-likeness (QED) is 0.746. The van der Waals surface area contributed by atoms with Gasteiger partial charge in [-0.2, -0.15) is 0 Å². The number of anilines is 3. The smallest absolute Gasteiger partial charge is 0.240 e. The van der Waals surface area contributed by atoms with E-state index in [1.54, 1.807) is 0 Å². The normalized spacial score (nSPS) is 11.2. The molecule has 0 fully saturated rings. The molecule has 0 aromatic heterocycles. The largest absolute Gasteiger partial charge is 0.497 e. The average Bonchev–Trinajstić information content (AvgIpc) is 2.42. The summed E-state index contributed by atoms with van der Waals surface area (Å²) in [5.74, 6) is -0.0868. The lowest BCUT2D eigenvalue weighted by Gasteiger charge is -2.13. The van der Waals surface area contributed by atoms with Crippen LogP contribution in [0.15, 0.2) is 41.3 Å². The highest BCUT2D eigenvalue weighted by molar-refractivity contribution is 7.89. The first kappa shape index (κ1) is 15.1. The molecule has 0 saturated heterocycles. The third-order valence-corrected chi connectivity index (χ3v) is 3.78. The molecule has 0 aliphatic rings. The van der Waals surface area contributed by atoms with Gasteiger partial charge in [0.05, 0.1) is 24.2 Å². The van der Waals surface area contributed by atoms with Crippen molar-refractivity contribution in [2.24, 2.45) is 5.14 Å². The predicted octanol–water partition coefficient (Wildman–Crippen LogP) is 1.81. The molecule has 0 aliphatic heterocycles. The molecule has 0 saturated carbocycles. The summed E-state index contributed by atoms with van der Waals surface area (Å²) in [6.07, 6.45) is 0. The zero-order chi connectivity index (χ0) is 15.6. The van der Waals surface area contributed by atoms with Gasteiger partial charge in [-0.15, -0.1) is 0 Å². The second kappa shape index (κ2) is 5.58. The highest BCUT2D eigenvalue weighted by atomic mass is 32.2. The number of nitrogen functional groups attached to an aromatic ring is 1. The molecule has 0 heterocycles. The van der Waals surface area contributed by atoms with E-state index < -0.39 is 15.8 Å². The molecule has 0 bridgehead atoms. The van der Waals surface area contributed by atoms with Crippen molar-refractivity contribution in [3.05, 3.63) is 42.2 Å². The first-order valence-corrected chi connectivity index (χ1v) is 7.39. The summed E-state index contributed by atoms with van der Waals surface area (Å²) in [6, 6.07) is 8.36. The molecule has 6 nitrogen and oxygen atoms in total. The molecule has 2 aromatic rings. The minimum Gasteiger partial charge on any atom is -0.497 e. The molecule has 0 amide bonds. The summed E-state index contributed by atoms with van der Waals surface area (Å²) in [5, 5.41) is 7.79. The van der Waals surface area contributed by atoms with E-state index in [4.69, 9.17) is 15.6 Å². The van der Waals surface area contributed by atoms with E-state index in [0.29, 0.717) is 5.75 Å². The maximum Gasteiger partial charge on any atom is 0.240 e. The van der Waals surface area contributed by atoms with E-state index in [1.165, 1.54) is 43.5 Å². The molecule has 112 valence electrons. The molecule has 0 atom stereocenters. The van der Waals surface area contributed by atoms with Crippen LogP contribution in [0, 0.1) is 5.82 Å². The lowest BCUT2D eigenvalue weighted by molar-refractivity contribution is 0.414. The maximum absolute atomic E-state index is 13.8. The van der Waals surface area contributed by atoms with E-state index in [2.05, 4.69) is 5.32 Å². The summed E-state index contributed by atoms with van der Waals surface area (Å²) in [6.45, 7) is 0. The van der Waals surface area contributed by atoms with Gasteiger partial charge in [-0.05, 0) is 24.3 Å². The first-order chi connectivity index (χ1) is 9.82. The third kappa shape index (κ3) is 3.23. The van der Waals surface area contributed by atoms with Gasteiger partial charge < -0.3 is 15.8 Å². The Morgan fingerprint density at radius 3 is 2.52 bits per heavy atom. The van der Waals surface area contributed by atoms with E-state index in [0.717, 1.165) is 0 Å². The van der Waals surface area contributed by atoms with Crippen molar-refractivity contribution >= 4 is 27.1 Å². The van der Waals surface area contributed by atoms with Gasteiger partial charge in [-0.3, -0.25) is 0 Å². The number of halogens is 1. The summed E-state index contributed by atoms with van der Waals surface area (Å²) >= 11 is 0. The van der Waals surface area contributed by atoms with Crippen molar-refractivity contribution in [1.29, 1.82) is 0 Å². The van der Waals surface area contributed by atoms with Gasteiger partial charge in [0.2, 0.25) is 10.0 Å². The molecule has 21 heavy (non-hydrogen) atoms. The highest BCUT2D eigenvalue weighted by Gasteiger charge is 2.15. The van der Waals surface area contributed by atoms with E-state index >= 15 is 0 Å². The maximum atomic E-state index is 13.8. The summed E-state index contributed by atoms with van der Waals surface area (Å²) in [5.41, 5.74) is 6.02. The Morgan fingerprint density at radius 1 is 1.19 bits per heavy atom. The van der Waals surface area contributed by atoms with Gasteiger partial charge in [0.15, 0.2) is 0 Å².